The van der Waals surface area contributed by atoms with E-state index >= 15 is 0 Å². The Morgan fingerprint density at radius 2 is 1.77 bits per heavy atom. The summed E-state index contributed by atoms with van der Waals surface area (Å²) in [6.45, 7) is 4.42. The van der Waals surface area contributed by atoms with Crippen LogP contribution in [0.15, 0.2) is 24.3 Å². The molecule has 1 saturated heterocycles. The Kier molecular flexibility index (Phi) is 1.81. The van der Waals surface area contributed by atoms with Gasteiger partial charge in [-0.25, -0.2) is 0 Å². The van der Waals surface area contributed by atoms with Gasteiger partial charge in [-0.3, -0.25) is 0 Å². The maximum Gasteiger partial charge on any atom is 0.118 e. The predicted octanol–water partition coefficient (Wildman–Crippen LogP) is 2.12. The van der Waals surface area contributed by atoms with E-state index in [1.165, 1.54) is 5.56 Å². The van der Waals surface area contributed by atoms with Crippen LogP contribution in [0.1, 0.15) is 25.5 Å². The first-order valence-corrected chi connectivity index (χ1v) is 4.55. The lowest BCUT2D eigenvalue weighted by molar-refractivity contribution is 0.414. The third-order valence-electron chi connectivity index (χ3n) is 2.60. The molecule has 1 aromatic carbocycles. The van der Waals surface area contributed by atoms with Crippen molar-refractivity contribution in [2.24, 2.45) is 0 Å². The number of ether oxygens (including phenoxy) is 1. The summed E-state index contributed by atoms with van der Waals surface area (Å²) >= 11 is 0. The van der Waals surface area contributed by atoms with Gasteiger partial charge in [0.2, 0.25) is 0 Å². The minimum atomic E-state index is 0.272. The van der Waals surface area contributed by atoms with Gasteiger partial charge in [0.05, 0.1) is 13.2 Å². The summed E-state index contributed by atoms with van der Waals surface area (Å²) in [5.41, 5.74) is 1.61. The molecule has 0 spiro atoms. The maximum absolute atomic E-state index is 5.10. The molecule has 1 aliphatic heterocycles. The van der Waals surface area contributed by atoms with Crippen molar-refractivity contribution in [3.05, 3.63) is 29.8 Å². The van der Waals surface area contributed by atoms with E-state index in [1.54, 1.807) is 7.11 Å². The molecule has 1 fully saturated rings. The van der Waals surface area contributed by atoms with Gasteiger partial charge in [-0.05, 0) is 31.5 Å². The maximum atomic E-state index is 5.10. The summed E-state index contributed by atoms with van der Waals surface area (Å²) < 4.78 is 5.10. The zero-order valence-electron chi connectivity index (χ0n) is 8.29. The van der Waals surface area contributed by atoms with Crippen LogP contribution in [0.25, 0.3) is 0 Å². The van der Waals surface area contributed by atoms with Crippen molar-refractivity contribution in [2.75, 3.05) is 7.11 Å². The van der Waals surface area contributed by atoms with Gasteiger partial charge in [0.25, 0.3) is 0 Å². The first kappa shape index (κ1) is 8.57. The monoisotopic (exact) mass is 177 g/mol. The van der Waals surface area contributed by atoms with Crippen LogP contribution in [-0.4, -0.2) is 12.6 Å². The predicted molar refractivity (Wildman–Crippen MR) is 52.9 cm³/mol. The highest BCUT2D eigenvalue weighted by molar-refractivity contribution is 5.34. The number of hydrogen-bond acceptors (Lipinski definition) is 2. The van der Waals surface area contributed by atoms with Crippen LogP contribution < -0.4 is 10.1 Å². The van der Waals surface area contributed by atoms with E-state index in [4.69, 9.17) is 4.74 Å². The molecule has 1 aliphatic rings. The zero-order chi connectivity index (χ0) is 9.47. The summed E-state index contributed by atoms with van der Waals surface area (Å²) in [5.74, 6) is 0.919. The molecule has 70 valence electrons. The van der Waals surface area contributed by atoms with Gasteiger partial charge >= 0.3 is 0 Å². The third-order valence-corrected chi connectivity index (χ3v) is 2.60. The second-order valence-corrected chi connectivity index (χ2v) is 4.07. The number of nitrogens with one attached hydrogen (secondary N) is 1. The Balaban J connectivity index is 2.16. The van der Waals surface area contributed by atoms with E-state index in [-0.39, 0.29) is 5.54 Å². The topological polar surface area (TPSA) is 31.2 Å². The smallest absolute Gasteiger partial charge is 0.118 e. The molecule has 2 rings (SSSR count). The highest BCUT2D eigenvalue weighted by Crippen LogP contribution is 2.39. The molecule has 13 heavy (non-hydrogen) atoms. The lowest BCUT2D eigenvalue weighted by atomic mass is 10.0. The van der Waals surface area contributed by atoms with E-state index in [1.807, 2.05) is 12.1 Å². The van der Waals surface area contributed by atoms with Gasteiger partial charge in [-0.2, -0.15) is 0 Å². The zero-order valence-corrected chi connectivity index (χ0v) is 8.29. The van der Waals surface area contributed by atoms with E-state index in [0.717, 1.165) is 5.75 Å². The molecular formula is C11H15NO. The molecule has 2 nitrogen and oxygen atoms in total. The van der Waals surface area contributed by atoms with E-state index in [2.05, 4.69) is 31.3 Å². The highest BCUT2D eigenvalue weighted by Gasteiger charge is 2.45. The molecule has 0 amide bonds. The average Bonchev–Trinajstić information content (AvgIpc) is 2.76. The average molecular weight is 177 g/mol. The summed E-state index contributed by atoms with van der Waals surface area (Å²) in [5, 5.41) is 3.42. The fourth-order valence-electron chi connectivity index (χ4n) is 1.63. The molecule has 1 unspecified atom stereocenters. The van der Waals surface area contributed by atoms with E-state index in [0.29, 0.717) is 6.04 Å². The fraction of sp³-hybridized carbons (Fsp3) is 0.455. The first-order chi connectivity index (χ1) is 6.13. The van der Waals surface area contributed by atoms with Crippen molar-refractivity contribution >= 4 is 0 Å². The van der Waals surface area contributed by atoms with Crippen molar-refractivity contribution in [2.45, 2.75) is 25.4 Å². The Labute approximate surface area is 78.9 Å². The van der Waals surface area contributed by atoms with Crippen LogP contribution >= 0.6 is 0 Å². The summed E-state index contributed by atoms with van der Waals surface area (Å²) in [7, 11) is 1.69. The Morgan fingerprint density at radius 1 is 1.23 bits per heavy atom. The number of methoxy groups -OCH3 is 1. The molecule has 1 N–H and O–H groups in total. The number of rotatable bonds is 2. The number of benzene rings is 1. The largest absolute Gasteiger partial charge is 0.497 e. The molecule has 0 aliphatic carbocycles. The van der Waals surface area contributed by atoms with Crippen LogP contribution in [0.5, 0.6) is 5.75 Å². The van der Waals surface area contributed by atoms with Crippen molar-refractivity contribution in [3.63, 3.8) is 0 Å². The Bertz CT molecular complexity index is 302. The normalized spacial score (nSPS) is 24.1. The van der Waals surface area contributed by atoms with Gasteiger partial charge < -0.3 is 10.1 Å². The Morgan fingerprint density at radius 3 is 2.15 bits per heavy atom. The summed E-state index contributed by atoms with van der Waals surface area (Å²) in [6.07, 6.45) is 0. The van der Waals surface area contributed by atoms with Crippen LogP contribution in [0, 0.1) is 0 Å². The molecule has 1 atom stereocenters. The number of hydrogen-bond donors (Lipinski definition) is 1. The summed E-state index contributed by atoms with van der Waals surface area (Å²) in [4.78, 5) is 0. The molecule has 2 heteroatoms. The van der Waals surface area contributed by atoms with Crippen LogP contribution in [0.4, 0.5) is 0 Å². The standard InChI is InChI=1S/C11H15NO/c1-11(2)10(12-11)8-4-6-9(13-3)7-5-8/h4-7,10,12H,1-3H3. The lowest BCUT2D eigenvalue weighted by Crippen LogP contribution is -2.00. The van der Waals surface area contributed by atoms with Gasteiger partial charge in [0.15, 0.2) is 0 Å². The second-order valence-electron chi connectivity index (χ2n) is 4.07. The molecule has 0 saturated carbocycles. The van der Waals surface area contributed by atoms with Crippen molar-refractivity contribution < 1.29 is 4.74 Å². The van der Waals surface area contributed by atoms with Gasteiger partial charge in [-0.15, -0.1) is 0 Å². The van der Waals surface area contributed by atoms with Gasteiger partial charge in [0, 0.05) is 5.54 Å². The minimum Gasteiger partial charge on any atom is -0.497 e. The quantitative estimate of drug-likeness (QED) is 0.701. The van der Waals surface area contributed by atoms with Crippen LogP contribution in [-0.2, 0) is 0 Å². The van der Waals surface area contributed by atoms with Gasteiger partial charge in [0.1, 0.15) is 5.75 Å². The van der Waals surface area contributed by atoms with Crippen LogP contribution in [0.2, 0.25) is 0 Å². The summed E-state index contributed by atoms with van der Waals surface area (Å²) in [6, 6.07) is 8.76. The van der Waals surface area contributed by atoms with Crippen molar-refractivity contribution in [1.29, 1.82) is 0 Å². The molecule has 0 bridgehead atoms. The van der Waals surface area contributed by atoms with Gasteiger partial charge in [-0.1, -0.05) is 12.1 Å². The minimum absolute atomic E-state index is 0.272. The highest BCUT2D eigenvalue weighted by atomic mass is 16.5. The molecular weight excluding hydrogens is 162 g/mol. The SMILES string of the molecule is COc1ccc(C2NC2(C)C)cc1. The Hall–Kier alpha value is -1.02. The molecule has 1 aromatic rings. The van der Waals surface area contributed by atoms with Crippen molar-refractivity contribution in [3.8, 4) is 5.75 Å². The first-order valence-electron chi connectivity index (χ1n) is 4.55. The second kappa shape index (κ2) is 2.74. The molecule has 1 heterocycles. The molecule has 0 aromatic heterocycles. The lowest BCUT2D eigenvalue weighted by Gasteiger charge is -2.02. The molecule has 0 radical (unpaired) electrons. The van der Waals surface area contributed by atoms with E-state index in [9.17, 15) is 0 Å². The van der Waals surface area contributed by atoms with Crippen molar-refractivity contribution in [1.82, 2.24) is 5.32 Å². The van der Waals surface area contributed by atoms with E-state index < -0.39 is 0 Å². The fourth-order valence-corrected chi connectivity index (χ4v) is 1.63. The van der Waals surface area contributed by atoms with Crippen LogP contribution in [0.3, 0.4) is 0 Å². The third kappa shape index (κ3) is 1.54.